The zero-order chi connectivity index (χ0) is 4.50. The van der Waals surface area contributed by atoms with Crippen LogP contribution in [0.4, 0.5) is 0 Å². The third-order valence-corrected chi connectivity index (χ3v) is 0. The molecule has 0 aromatic rings. The summed E-state index contributed by atoms with van der Waals surface area (Å²) in [6.45, 7) is 0. The van der Waals surface area contributed by atoms with Gasteiger partial charge >= 0.3 is 0 Å². The van der Waals surface area contributed by atoms with E-state index in [-0.39, 0.29) is 0 Å². The fourth-order valence-corrected chi connectivity index (χ4v) is 0. The lowest BCUT2D eigenvalue weighted by Gasteiger charge is -2.36. The van der Waals surface area contributed by atoms with Crippen LogP contribution in [0.5, 0.6) is 0 Å². The maximum Gasteiger partial charge on any atom is -0.159 e. The summed E-state index contributed by atoms with van der Waals surface area (Å²) in [5.41, 5.74) is 0. The van der Waals surface area contributed by atoms with Gasteiger partial charge in [0.05, 0.1) is 0 Å². The maximum atomic E-state index is 8.55. The molecule has 0 fully saturated rings. The SMILES string of the molecule is O=[33P]([O-])([O-])[O-]. The van der Waals surface area contributed by atoms with E-state index in [1.807, 2.05) is 0 Å². The number of rotatable bonds is 0. The van der Waals surface area contributed by atoms with Crippen LogP contribution in [0, 0.1) is 0 Å². The fraction of sp³-hybridized carbons (Fsp3) is 0. The molecular formula is O4P-3. The van der Waals surface area contributed by atoms with Gasteiger partial charge in [-0.3, -0.25) is 0 Å². The first-order valence-corrected chi connectivity index (χ1v) is 2.19. The lowest BCUT2D eigenvalue weighted by atomic mass is 15.8. The van der Waals surface area contributed by atoms with Gasteiger partial charge in [0.2, 0.25) is 0 Å². The molecule has 32 valence electrons. The Hall–Kier alpha value is 0.110. The molecule has 0 unspecified atom stereocenters. The molecule has 0 aliphatic rings. The Morgan fingerprint density at radius 1 is 1.20 bits per heavy atom. The smallest absolute Gasteiger partial charge is 0.159 e. The van der Waals surface area contributed by atoms with Crippen LogP contribution < -0.4 is 14.7 Å². The second-order valence-corrected chi connectivity index (χ2v) is 1.34. The zero-order valence-electron chi connectivity index (χ0n) is 2.08. The minimum atomic E-state index is -5.39. The molecule has 0 heterocycles. The van der Waals surface area contributed by atoms with Crippen LogP contribution in [-0.2, 0) is 4.57 Å². The van der Waals surface area contributed by atoms with Gasteiger partial charge in [-0.25, -0.2) is 0 Å². The highest BCUT2D eigenvalue weighted by atomic mass is 33.2. The van der Waals surface area contributed by atoms with Gasteiger partial charge in [-0.05, 0) is 0 Å². The largest absolute Gasteiger partial charge is 0.822 e. The van der Waals surface area contributed by atoms with Gasteiger partial charge in [-0.15, -0.1) is 0 Å². The van der Waals surface area contributed by atoms with Crippen molar-refractivity contribution in [2.24, 2.45) is 0 Å². The molecule has 0 aromatic carbocycles. The van der Waals surface area contributed by atoms with Crippen LogP contribution >= 0.6 is 7.82 Å². The van der Waals surface area contributed by atoms with Crippen molar-refractivity contribution in [3.8, 4) is 0 Å². The van der Waals surface area contributed by atoms with Crippen molar-refractivity contribution in [2.75, 3.05) is 0 Å². The number of hydrogen-bond acceptors (Lipinski definition) is 4. The minimum absolute atomic E-state index is 5.39. The molecule has 4 nitrogen and oxygen atoms in total. The lowest BCUT2D eigenvalue weighted by Crippen LogP contribution is -2.24. The van der Waals surface area contributed by atoms with E-state index in [4.69, 9.17) is 19.2 Å². The molecule has 0 rings (SSSR count). The quantitative estimate of drug-likeness (QED) is 0.305. The van der Waals surface area contributed by atoms with Crippen molar-refractivity contribution in [1.82, 2.24) is 0 Å². The van der Waals surface area contributed by atoms with Crippen LogP contribution in [0.1, 0.15) is 0 Å². The summed E-state index contributed by atoms with van der Waals surface area (Å²) in [5, 5.41) is 0. The summed E-state index contributed by atoms with van der Waals surface area (Å²) in [7, 11) is -5.39. The average molecular weight is 97.0 g/mol. The molecule has 0 saturated carbocycles. The van der Waals surface area contributed by atoms with E-state index in [1.54, 1.807) is 0 Å². The van der Waals surface area contributed by atoms with Crippen molar-refractivity contribution >= 4 is 7.82 Å². The third-order valence-electron chi connectivity index (χ3n) is 0. The first kappa shape index (κ1) is 5.11. The molecule has 0 radical (unpaired) electrons. The van der Waals surface area contributed by atoms with E-state index >= 15 is 0 Å². The van der Waals surface area contributed by atoms with E-state index in [2.05, 4.69) is 0 Å². The van der Waals surface area contributed by atoms with Gasteiger partial charge < -0.3 is 19.2 Å². The summed E-state index contributed by atoms with van der Waals surface area (Å²) in [4.78, 5) is 25.6. The van der Waals surface area contributed by atoms with Gasteiger partial charge in [-0.1, -0.05) is 0 Å². The van der Waals surface area contributed by atoms with Crippen LogP contribution in [0.3, 0.4) is 0 Å². The van der Waals surface area contributed by atoms with Gasteiger partial charge in [0, 0.05) is 0 Å². The van der Waals surface area contributed by atoms with Crippen LogP contribution in [-0.4, -0.2) is 0 Å². The number of hydrogen-bond donors (Lipinski definition) is 0. The van der Waals surface area contributed by atoms with Crippen molar-refractivity contribution in [3.63, 3.8) is 0 Å². The van der Waals surface area contributed by atoms with Crippen molar-refractivity contribution < 1.29 is 19.2 Å². The summed E-state index contributed by atoms with van der Waals surface area (Å²) in [6.07, 6.45) is 0. The first-order chi connectivity index (χ1) is 2.00. The second kappa shape index (κ2) is 1.06. The molecule has 0 saturated heterocycles. The summed E-state index contributed by atoms with van der Waals surface area (Å²) >= 11 is 0. The Morgan fingerprint density at radius 3 is 1.20 bits per heavy atom. The summed E-state index contributed by atoms with van der Waals surface area (Å²) < 4.78 is 8.55. The normalized spacial score (nSPS) is 11.8. The molecule has 0 bridgehead atoms. The predicted molar refractivity (Wildman–Crippen MR) is 7.61 cm³/mol. The topological polar surface area (TPSA) is 86.2 Å². The highest BCUT2D eigenvalue weighted by Gasteiger charge is 1.44. The molecule has 0 aliphatic heterocycles. The van der Waals surface area contributed by atoms with E-state index < -0.39 is 7.82 Å². The minimum Gasteiger partial charge on any atom is -0.822 e. The van der Waals surface area contributed by atoms with Gasteiger partial charge in [-0.2, -0.15) is 7.82 Å². The van der Waals surface area contributed by atoms with Crippen LogP contribution in [0.2, 0.25) is 0 Å². The van der Waals surface area contributed by atoms with E-state index in [1.165, 1.54) is 0 Å². The molecular weight excluding hydrogens is 97.0 g/mol. The van der Waals surface area contributed by atoms with Gasteiger partial charge in [0.1, 0.15) is 0 Å². The monoisotopic (exact) mass is 97.0 g/mol. The highest BCUT2D eigenvalue weighted by Crippen LogP contribution is 2.03. The molecule has 0 aromatic heterocycles. The standard InChI is InChI=1S/H3O4P/c1-5(2,3)4/h(H3,1,2,3,4)/p-3/i5+2. The lowest BCUT2D eigenvalue weighted by molar-refractivity contribution is -0.432. The van der Waals surface area contributed by atoms with E-state index in [0.717, 1.165) is 0 Å². The number of phosphoric acid groups is 1. The molecule has 5 heavy (non-hydrogen) atoms. The molecule has 5 heteroatoms. The molecule has 0 amide bonds. The van der Waals surface area contributed by atoms with E-state index in [9.17, 15) is 0 Å². The van der Waals surface area contributed by atoms with Crippen LogP contribution in [0.25, 0.3) is 0 Å². The van der Waals surface area contributed by atoms with E-state index in [0.29, 0.717) is 0 Å². The van der Waals surface area contributed by atoms with Crippen molar-refractivity contribution in [3.05, 3.63) is 0 Å². The molecule has 0 atom stereocenters. The maximum absolute atomic E-state index is 8.55. The molecule has 0 spiro atoms. The van der Waals surface area contributed by atoms with Gasteiger partial charge in [0.15, 0.2) is 0 Å². The van der Waals surface area contributed by atoms with Crippen LogP contribution in [0.15, 0.2) is 0 Å². The first-order valence-electron chi connectivity index (χ1n) is 0.730. The highest BCUT2D eigenvalue weighted by molar-refractivity contribution is 7.40. The Morgan fingerprint density at radius 2 is 1.20 bits per heavy atom. The second-order valence-electron chi connectivity index (χ2n) is 0.447. The summed E-state index contributed by atoms with van der Waals surface area (Å²) in [5.74, 6) is 0. The third kappa shape index (κ3) is 1510. The van der Waals surface area contributed by atoms with Crippen molar-refractivity contribution in [1.29, 1.82) is 0 Å². The molecule has 0 aliphatic carbocycles. The Kier molecular flexibility index (Phi) is 1.09. The molecule has 0 N–H and O–H groups in total. The van der Waals surface area contributed by atoms with Gasteiger partial charge in [0.25, 0.3) is 0 Å². The Labute approximate surface area is 28.3 Å². The fourth-order valence-electron chi connectivity index (χ4n) is 0. The van der Waals surface area contributed by atoms with Crippen molar-refractivity contribution in [2.45, 2.75) is 0 Å². The Bertz CT molecular complexity index is 49.8. The average Bonchev–Trinajstić information content (AvgIpc) is 0.722. The zero-order valence-corrected chi connectivity index (χ0v) is 2.97. The predicted octanol–water partition coefficient (Wildman–Crippen LogP) is -2.82. The Balaban J connectivity index is 3.47. The summed E-state index contributed by atoms with van der Waals surface area (Å²) in [6, 6.07) is 0.